The average molecular weight is 401 g/mol. The van der Waals surface area contributed by atoms with Gasteiger partial charge in [0.05, 0.1) is 28.8 Å². The van der Waals surface area contributed by atoms with E-state index < -0.39 is 5.91 Å². The van der Waals surface area contributed by atoms with Crippen LogP contribution in [0.4, 0.5) is 5.13 Å². The van der Waals surface area contributed by atoms with E-state index in [1.54, 1.807) is 17.0 Å². The summed E-state index contributed by atoms with van der Waals surface area (Å²) in [7, 11) is 0. The van der Waals surface area contributed by atoms with Crippen molar-refractivity contribution in [3.05, 3.63) is 33.6 Å². The van der Waals surface area contributed by atoms with Crippen molar-refractivity contribution in [2.24, 2.45) is 5.73 Å². The predicted molar refractivity (Wildman–Crippen MR) is 102 cm³/mol. The second-order valence-electron chi connectivity index (χ2n) is 5.68. The summed E-state index contributed by atoms with van der Waals surface area (Å²) >= 11 is 13.2. The average Bonchev–Trinajstić information content (AvgIpc) is 2.97. The molecule has 134 valence electrons. The topological polar surface area (TPSA) is 88.3 Å². The lowest BCUT2D eigenvalue weighted by atomic mass is 10.2. The number of carbonyl (C=O) groups is 2. The van der Waals surface area contributed by atoms with Crippen molar-refractivity contribution in [3.8, 4) is 11.3 Å². The second kappa shape index (κ2) is 8.62. The van der Waals surface area contributed by atoms with Crippen molar-refractivity contribution in [1.29, 1.82) is 0 Å². The molecule has 0 spiro atoms. The minimum absolute atomic E-state index is 0.0151. The Morgan fingerprint density at radius 3 is 2.60 bits per heavy atom. The van der Waals surface area contributed by atoms with Crippen molar-refractivity contribution >= 4 is 51.5 Å². The highest BCUT2D eigenvalue weighted by Crippen LogP contribution is 2.30. The van der Waals surface area contributed by atoms with E-state index in [2.05, 4.69) is 10.3 Å². The fraction of sp³-hybridized carbons (Fsp3) is 0.312. The lowest BCUT2D eigenvalue weighted by Crippen LogP contribution is -2.43. The number of benzene rings is 1. The molecule has 9 heteroatoms. The van der Waals surface area contributed by atoms with Crippen LogP contribution in [0.1, 0.15) is 13.8 Å². The van der Waals surface area contributed by atoms with E-state index in [1.807, 2.05) is 25.3 Å². The number of anilines is 1. The van der Waals surface area contributed by atoms with Crippen LogP contribution < -0.4 is 11.1 Å². The summed E-state index contributed by atoms with van der Waals surface area (Å²) in [6.45, 7) is 3.86. The molecule has 0 aliphatic heterocycles. The van der Waals surface area contributed by atoms with Crippen LogP contribution in [0.3, 0.4) is 0 Å². The molecule has 0 saturated carbocycles. The molecule has 2 aromatic rings. The Bertz CT molecular complexity index is 779. The molecule has 25 heavy (non-hydrogen) atoms. The SMILES string of the molecule is CC(C)N(CC(N)=O)CC(=O)Nc1nc(-c2ccc(Cl)c(Cl)c2)cs1. The number of thiazole rings is 1. The molecule has 0 fully saturated rings. The van der Waals surface area contributed by atoms with Crippen LogP contribution in [0.2, 0.25) is 10.0 Å². The van der Waals surface area contributed by atoms with Gasteiger partial charge in [-0.1, -0.05) is 29.3 Å². The van der Waals surface area contributed by atoms with Crippen LogP contribution in [0.15, 0.2) is 23.6 Å². The van der Waals surface area contributed by atoms with E-state index in [9.17, 15) is 9.59 Å². The summed E-state index contributed by atoms with van der Waals surface area (Å²) in [5.74, 6) is -0.734. The highest BCUT2D eigenvalue weighted by molar-refractivity contribution is 7.14. The van der Waals surface area contributed by atoms with Crippen molar-refractivity contribution in [3.63, 3.8) is 0 Å². The van der Waals surface area contributed by atoms with Crippen LogP contribution in [0.5, 0.6) is 0 Å². The fourth-order valence-electron chi connectivity index (χ4n) is 2.08. The van der Waals surface area contributed by atoms with Crippen LogP contribution in [-0.4, -0.2) is 40.8 Å². The van der Waals surface area contributed by atoms with Gasteiger partial charge in [0.2, 0.25) is 11.8 Å². The molecule has 2 amide bonds. The number of rotatable bonds is 7. The normalized spacial score (nSPS) is 11.1. The van der Waals surface area contributed by atoms with Gasteiger partial charge in [-0.2, -0.15) is 0 Å². The molecule has 3 N–H and O–H groups in total. The Morgan fingerprint density at radius 2 is 2.00 bits per heavy atom. The first kappa shape index (κ1) is 19.7. The summed E-state index contributed by atoms with van der Waals surface area (Å²) in [5.41, 5.74) is 6.71. The number of nitrogens with one attached hydrogen (secondary N) is 1. The van der Waals surface area contributed by atoms with E-state index in [0.717, 1.165) is 5.56 Å². The number of nitrogens with zero attached hydrogens (tertiary/aromatic N) is 2. The monoisotopic (exact) mass is 400 g/mol. The standard InChI is InChI=1S/C16H18Cl2N4O2S/c1-9(2)22(6-14(19)23)7-15(24)21-16-20-13(8-25-16)10-3-4-11(17)12(18)5-10/h3-5,8-9H,6-7H2,1-2H3,(H2,19,23)(H,20,21,24). The zero-order valence-corrected chi connectivity index (χ0v) is 16.1. The molecule has 1 aromatic heterocycles. The van der Waals surface area contributed by atoms with Gasteiger partial charge in [0, 0.05) is 17.0 Å². The maximum atomic E-state index is 12.2. The molecule has 0 bridgehead atoms. The quantitative estimate of drug-likeness (QED) is 0.746. The Balaban J connectivity index is 2.03. The molecule has 0 unspecified atom stereocenters. The molecule has 2 rings (SSSR count). The van der Waals surface area contributed by atoms with E-state index in [-0.39, 0.29) is 25.0 Å². The second-order valence-corrected chi connectivity index (χ2v) is 7.35. The number of hydrogen-bond acceptors (Lipinski definition) is 5. The maximum Gasteiger partial charge on any atom is 0.240 e. The maximum absolute atomic E-state index is 12.2. The Kier molecular flexibility index (Phi) is 6.78. The molecular formula is C16H18Cl2N4O2S. The molecule has 1 heterocycles. The number of hydrogen-bond donors (Lipinski definition) is 2. The summed E-state index contributed by atoms with van der Waals surface area (Å²) in [4.78, 5) is 29.3. The van der Waals surface area contributed by atoms with Gasteiger partial charge in [-0.3, -0.25) is 14.5 Å². The fourth-order valence-corrected chi connectivity index (χ4v) is 3.12. The lowest BCUT2D eigenvalue weighted by Gasteiger charge is -2.23. The van der Waals surface area contributed by atoms with Crippen LogP contribution >= 0.6 is 34.5 Å². The van der Waals surface area contributed by atoms with Crippen molar-refractivity contribution in [2.45, 2.75) is 19.9 Å². The van der Waals surface area contributed by atoms with Gasteiger partial charge in [0.25, 0.3) is 0 Å². The Hall–Kier alpha value is -1.67. The minimum Gasteiger partial charge on any atom is -0.369 e. The molecular weight excluding hydrogens is 383 g/mol. The Morgan fingerprint density at radius 1 is 1.28 bits per heavy atom. The van der Waals surface area contributed by atoms with Gasteiger partial charge in [0.1, 0.15) is 0 Å². The first-order valence-electron chi connectivity index (χ1n) is 7.49. The number of nitrogens with two attached hydrogens (primary N) is 1. The van der Waals surface area contributed by atoms with Gasteiger partial charge >= 0.3 is 0 Å². The minimum atomic E-state index is -0.474. The predicted octanol–water partition coefficient (Wildman–Crippen LogP) is 3.25. The van der Waals surface area contributed by atoms with Crippen LogP contribution in [0.25, 0.3) is 11.3 Å². The highest BCUT2D eigenvalue weighted by atomic mass is 35.5. The zero-order chi connectivity index (χ0) is 18.6. The first-order valence-corrected chi connectivity index (χ1v) is 9.13. The molecule has 0 aliphatic carbocycles. The van der Waals surface area contributed by atoms with E-state index >= 15 is 0 Å². The largest absolute Gasteiger partial charge is 0.369 e. The number of halogens is 2. The van der Waals surface area contributed by atoms with Crippen LogP contribution in [0, 0.1) is 0 Å². The number of amides is 2. The number of primary amides is 1. The summed E-state index contributed by atoms with van der Waals surface area (Å²) in [6, 6.07) is 5.24. The molecule has 6 nitrogen and oxygen atoms in total. The number of carbonyl (C=O) groups excluding carboxylic acids is 2. The van der Waals surface area contributed by atoms with Gasteiger partial charge in [-0.25, -0.2) is 4.98 Å². The third-order valence-corrected chi connectivity index (χ3v) is 4.90. The molecule has 0 saturated heterocycles. The zero-order valence-electron chi connectivity index (χ0n) is 13.8. The smallest absolute Gasteiger partial charge is 0.240 e. The van der Waals surface area contributed by atoms with Crippen molar-refractivity contribution < 1.29 is 9.59 Å². The lowest BCUT2D eigenvalue weighted by molar-refractivity contribution is -0.121. The first-order chi connectivity index (χ1) is 11.8. The molecule has 1 aromatic carbocycles. The van der Waals surface area contributed by atoms with Gasteiger partial charge in [-0.05, 0) is 26.0 Å². The molecule has 0 radical (unpaired) electrons. The van der Waals surface area contributed by atoms with E-state index in [1.165, 1.54) is 11.3 Å². The third-order valence-electron chi connectivity index (χ3n) is 3.40. The van der Waals surface area contributed by atoms with Gasteiger partial charge < -0.3 is 11.1 Å². The summed E-state index contributed by atoms with van der Waals surface area (Å²) in [6.07, 6.45) is 0. The number of aromatic nitrogens is 1. The third kappa shape index (κ3) is 5.67. The van der Waals surface area contributed by atoms with Crippen LogP contribution in [-0.2, 0) is 9.59 Å². The molecule has 0 aliphatic rings. The van der Waals surface area contributed by atoms with Crippen molar-refractivity contribution in [2.75, 3.05) is 18.4 Å². The van der Waals surface area contributed by atoms with Gasteiger partial charge in [0.15, 0.2) is 5.13 Å². The molecule has 0 atom stereocenters. The van der Waals surface area contributed by atoms with Crippen molar-refractivity contribution in [1.82, 2.24) is 9.88 Å². The van der Waals surface area contributed by atoms with E-state index in [4.69, 9.17) is 28.9 Å². The highest BCUT2D eigenvalue weighted by Gasteiger charge is 2.17. The summed E-state index contributed by atoms with van der Waals surface area (Å²) in [5, 5.41) is 5.93. The van der Waals surface area contributed by atoms with E-state index in [0.29, 0.717) is 20.9 Å². The van der Waals surface area contributed by atoms with Gasteiger partial charge in [-0.15, -0.1) is 11.3 Å². The Labute approximate surface area is 159 Å². The summed E-state index contributed by atoms with van der Waals surface area (Å²) < 4.78 is 0.